The number of nitrogens with one attached hydrogen (secondary N) is 2. The molecule has 9 nitrogen and oxygen atoms in total. The minimum absolute atomic E-state index is 0.0548. The number of carbonyl (C=O) groups is 2. The Bertz CT molecular complexity index is 1100. The van der Waals surface area contributed by atoms with Crippen molar-refractivity contribution in [3.05, 3.63) is 68.8 Å². The smallest absolute Gasteiger partial charge is 0.316 e. The molecule has 30 heavy (non-hydrogen) atoms. The molecule has 2 atom stereocenters. The van der Waals surface area contributed by atoms with E-state index in [0.717, 1.165) is 5.56 Å². The number of hydrogen-bond acceptors (Lipinski definition) is 6. The van der Waals surface area contributed by atoms with Gasteiger partial charge < -0.3 is 20.5 Å². The zero-order chi connectivity index (χ0) is 21.8. The van der Waals surface area contributed by atoms with E-state index in [1.54, 1.807) is 25.1 Å². The number of amides is 2. The third kappa shape index (κ3) is 2.38. The fourth-order valence-corrected chi connectivity index (χ4v) is 4.23. The standard InChI is InChI=1S/C21H21N3O6/c1-4-22-19(26)23-20-13-9-8-12(11(2)3)10-16(13)30-21(20,27)14-6-5-7-15(24(28)29)17(14)18(20)25/h5-11,27H,4H2,1-3H3,(H2,22,23,26). The van der Waals surface area contributed by atoms with Gasteiger partial charge in [-0.05, 0) is 24.5 Å². The van der Waals surface area contributed by atoms with Gasteiger partial charge in [-0.1, -0.05) is 38.1 Å². The molecule has 0 bridgehead atoms. The molecule has 0 saturated heterocycles. The Morgan fingerprint density at radius 2 is 2.00 bits per heavy atom. The van der Waals surface area contributed by atoms with E-state index < -0.39 is 33.8 Å². The lowest BCUT2D eigenvalue weighted by Crippen LogP contribution is -2.61. The first kappa shape index (κ1) is 19.8. The summed E-state index contributed by atoms with van der Waals surface area (Å²) in [4.78, 5) is 37.0. The number of benzene rings is 2. The number of carbonyl (C=O) groups excluding carboxylic acids is 2. The van der Waals surface area contributed by atoms with Crippen LogP contribution in [0, 0.1) is 10.1 Å². The molecule has 2 aromatic rings. The number of nitro groups is 1. The number of ether oxygens (including phenoxy) is 1. The summed E-state index contributed by atoms with van der Waals surface area (Å²) in [7, 11) is 0. The van der Waals surface area contributed by atoms with Crippen molar-refractivity contribution in [2.75, 3.05) is 6.54 Å². The molecule has 0 radical (unpaired) electrons. The fraction of sp³-hybridized carbons (Fsp3) is 0.333. The number of urea groups is 1. The Kier molecular flexibility index (Phi) is 4.32. The van der Waals surface area contributed by atoms with E-state index >= 15 is 0 Å². The topological polar surface area (TPSA) is 131 Å². The van der Waals surface area contributed by atoms with Gasteiger partial charge >= 0.3 is 6.03 Å². The average Bonchev–Trinajstić information content (AvgIpc) is 3.05. The lowest BCUT2D eigenvalue weighted by molar-refractivity contribution is -0.385. The van der Waals surface area contributed by atoms with Crippen LogP contribution in [0.15, 0.2) is 36.4 Å². The van der Waals surface area contributed by atoms with E-state index in [0.29, 0.717) is 0 Å². The van der Waals surface area contributed by atoms with Crippen LogP contribution in [0.4, 0.5) is 10.5 Å². The van der Waals surface area contributed by atoms with E-state index in [1.165, 1.54) is 18.2 Å². The lowest BCUT2D eigenvalue weighted by atomic mass is 9.82. The maximum Gasteiger partial charge on any atom is 0.316 e. The largest absolute Gasteiger partial charge is 0.454 e. The van der Waals surface area contributed by atoms with Crippen molar-refractivity contribution in [3.63, 3.8) is 0 Å². The van der Waals surface area contributed by atoms with Crippen LogP contribution in [-0.4, -0.2) is 28.4 Å². The van der Waals surface area contributed by atoms with Crippen LogP contribution in [0.3, 0.4) is 0 Å². The summed E-state index contributed by atoms with van der Waals surface area (Å²) in [5, 5.41) is 28.3. The Balaban J connectivity index is 2.00. The second kappa shape index (κ2) is 6.53. The van der Waals surface area contributed by atoms with E-state index in [-0.39, 0.29) is 34.9 Å². The lowest BCUT2D eigenvalue weighted by Gasteiger charge is -2.34. The van der Waals surface area contributed by atoms with Crippen LogP contribution >= 0.6 is 0 Å². The van der Waals surface area contributed by atoms with Gasteiger partial charge in [0, 0.05) is 23.7 Å². The molecule has 1 heterocycles. The first-order valence-electron chi connectivity index (χ1n) is 9.61. The molecule has 2 unspecified atom stereocenters. The van der Waals surface area contributed by atoms with Gasteiger partial charge in [-0.15, -0.1) is 0 Å². The number of rotatable bonds is 4. The first-order chi connectivity index (χ1) is 14.2. The number of nitrogens with zero attached hydrogens (tertiary/aromatic N) is 1. The van der Waals surface area contributed by atoms with Crippen molar-refractivity contribution in [2.24, 2.45) is 0 Å². The molecule has 9 heteroatoms. The predicted octanol–water partition coefficient (Wildman–Crippen LogP) is 2.67. The number of nitro benzene ring substituents is 1. The third-order valence-electron chi connectivity index (χ3n) is 5.65. The number of ketones is 1. The van der Waals surface area contributed by atoms with Gasteiger partial charge in [-0.2, -0.15) is 0 Å². The summed E-state index contributed by atoms with van der Waals surface area (Å²) in [6.45, 7) is 5.95. The van der Waals surface area contributed by atoms with Crippen molar-refractivity contribution in [1.29, 1.82) is 0 Å². The first-order valence-corrected chi connectivity index (χ1v) is 9.61. The van der Waals surface area contributed by atoms with E-state index in [2.05, 4.69) is 10.6 Å². The Hall–Kier alpha value is -3.46. The van der Waals surface area contributed by atoms with Crippen molar-refractivity contribution in [1.82, 2.24) is 10.6 Å². The third-order valence-corrected chi connectivity index (χ3v) is 5.65. The fourth-order valence-electron chi connectivity index (χ4n) is 4.23. The second-order valence-electron chi connectivity index (χ2n) is 7.68. The van der Waals surface area contributed by atoms with Crippen LogP contribution in [0.2, 0.25) is 0 Å². The highest BCUT2D eigenvalue weighted by molar-refractivity contribution is 6.14. The highest BCUT2D eigenvalue weighted by Gasteiger charge is 2.73. The summed E-state index contributed by atoms with van der Waals surface area (Å²) < 4.78 is 5.89. The molecule has 2 amide bonds. The van der Waals surface area contributed by atoms with Gasteiger partial charge in [0.15, 0.2) is 0 Å². The monoisotopic (exact) mass is 411 g/mol. The highest BCUT2D eigenvalue weighted by atomic mass is 16.6. The second-order valence-corrected chi connectivity index (χ2v) is 7.68. The van der Waals surface area contributed by atoms with Gasteiger partial charge in [0.25, 0.3) is 11.5 Å². The molecular weight excluding hydrogens is 390 g/mol. The molecule has 0 saturated carbocycles. The van der Waals surface area contributed by atoms with Gasteiger partial charge in [0.05, 0.1) is 4.92 Å². The summed E-state index contributed by atoms with van der Waals surface area (Å²) in [6, 6.07) is 8.36. The molecular formula is C21H21N3O6. The maximum absolute atomic E-state index is 13.7. The Labute approximate surface area is 172 Å². The molecule has 2 aromatic carbocycles. The van der Waals surface area contributed by atoms with E-state index in [9.17, 15) is 24.8 Å². The molecule has 1 aliphatic carbocycles. The van der Waals surface area contributed by atoms with Crippen LogP contribution in [0.5, 0.6) is 5.75 Å². The van der Waals surface area contributed by atoms with Crippen LogP contribution in [-0.2, 0) is 11.3 Å². The van der Waals surface area contributed by atoms with Gasteiger partial charge in [-0.3, -0.25) is 14.9 Å². The summed E-state index contributed by atoms with van der Waals surface area (Å²) >= 11 is 0. The van der Waals surface area contributed by atoms with Crippen LogP contribution < -0.4 is 15.4 Å². The molecule has 2 aliphatic rings. The molecule has 156 valence electrons. The minimum Gasteiger partial charge on any atom is -0.454 e. The SMILES string of the molecule is CCNC(=O)NC12C(=O)c3c([N+](=O)[O-])cccc3C1(O)Oc1cc(C(C)C)ccc12. The quantitative estimate of drug-likeness (QED) is 0.524. The van der Waals surface area contributed by atoms with E-state index in [1.807, 2.05) is 13.8 Å². The van der Waals surface area contributed by atoms with E-state index in [4.69, 9.17) is 4.74 Å². The zero-order valence-electron chi connectivity index (χ0n) is 16.7. The Morgan fingerprint density at radius 3 is 2.63 bits per heavy atom. The van der Waals surface area contributed by atoms with Crippen molar-refractivity contribution >= 4 is 17.5 Å². The number of hydrogen-bond donors (Lipinski definition) is 3. The normalized spacial score (nSPS) is 23.4. The Morgan fingerprint density at radius 1 is 1.27 bits per heavy atom. The number of fused-ring (bicyclic) bond motifs is 5. The van der Waals surface area contributed by atoms with Gasteiger partial charge in [-0.25, -0.2) is 4.79 Å². The molecule has 0 aromatic heterocycles. The molecule has 0 spiro atoms. The van der Waals surface area contributed by atoms with Crippen molar-refractivity contribution < 1.29 is 24.4 Å². The molecule has 3 N–H and O–H groups in total. The summed E-state index contributed by atoms with van der Waals surface area (Å²) in [6.07, 6.45) is 0. The maximum atomic E-state index is 13.7. The van der Waals surface area contributed by atoms with Crippen molar-refractivity contribution in [3.8, 4) is 5.75 Å². The average molecular weight is 411 g/mol. The molecule has 0 fully saturated rings. The summed E-state index contributed by atoms with van der Waals surface area (Å²) in [5.74, 6) is -2.72. The van der Waals surface area contributed by atoms with Gasteiger partial charge in [0.2, 0.25) is 11.3 Å². The van der Waals surface area contributed by atoms with Crippen LogP contribution in [0.1, 0.15) is 53.7 Å². The predicted molar refractivity (Wildman–Crippen MR) is 106 cm³/mol. The number of aliphatic hydroxyl groups is 1. The van der Waals surface area contributed by atoms with Gasteiger partial charge in [0.1, 0.15) is 11.3 Å². The zero-order valence-corrected chi connectivity index (χ0v) is 16.7. The summed E-state index contributed by atoms with van der Waals surface area (Å²) in [5.41, 5.74) is -1.68. The molecule has 4 rings (SSSR count). The molecule has 1 aliphatic heterocycles. The highest BCUT2D eigenvalue weighted by Crippen LogP contribution is 2.59. The van der Waals surface area contributed by atoms with Crippen LogP contribution in [0.25, 0.3) is 0 Å². The van der Waals surface area contributed by atoms with Crippen molar-refractivity contribution in [2.45, 2.75) is 38.0 Å². The minimum atomic E-state index is -2.32. The number of Topliss-reactive ketones (excluding diaryl/α,β-unsaturated/α-hetero) is 1.